The van der Waals surface area contributed by atoms with Gasteiger partial charge in [-0.15, -0.1) is 4.68 Å². The van der Waals surface area contributed by atoms with Crippen molar-refractivity contribution in [1.29, 1.82) is 0 Å². The van der Waals surface area contributed by atoms with Gasteiger partial charge in [0.15, 0.2) is 6.54 Å². The van der Waals surface area contributed by atoms with Crippen LogP contribution >= 0.6 is 0 Å². The van der Waals surface area contributed by atoms with E-state index in [1.165, 1.54) is 13.2 Å². The molecular formula is C9H12N4O5. The second kappa shape index (κ2) is 5.75. The van der Waals surface area contributed by atoms with Crippen LogP contribution in [0.5, 0.6) is 0 Å². The normalized spacial score (nSPS) is 9.89. The molecule has 0 saturated carbocycles. The second-order valence-electron chi connectivity index (χ2n) is 3.41. The van der Waals surface area contributed by atoms with Crippen LogP contribution in [0.2, 0.25) is 0 Å². The highest BCUT2D eigenvalue weighted by Gasteiger charge is 2.19. The molecular weight excluding hydrogens is 244 g/mol. The van der Waals surface area contributed by atoms with Crippen molar-refractivity contribution < 1.29 is 19.2 Å². The number of aryl methyl sites for hydroxylation is 1. The van der Waals surface area contributed by atoms with Gasteiger partial charge in [-0.25, -0.2) is 0 Å². The zero-order chi connectivity index (χ0) is 13.7. The molecule has 0 bridgehead atoms. The monoisotopic (exact) mass is 256 g/mol. The number of aromatic nitrogens is 2. The molecule has 1 N–H and O–H groups in total. The van der Waals surface area contributed by atoms with E-state index < -0.39 is 16.8 Å². The number of hydrogen-bond acceptors (Lipinski definition) is 6. The predicted octanol–water partition coefficient (Wildman–Crippen LogP) is -0.611. The summed E-state index contributed by atoms with van der Waals surface area (Å²) in [5.74, 6) is -1.44. The number of carbonyl (C=O) groups excluding carboxylic acids is 2. The van der Waals surface area contributed by atoms with E-state index in [1.807, 2.05) is 0 Å². The molecule has 0 atom stereocenters. The number of nitrogens with one attached hydrogen (secondary N) is 1. The number of nitrogens with zero attached hydrogens (tertiary/aromatic N) is 3. The lowest BCUT2D eigenvalue weighted by atomic mass is 10.5. The Balaban J connectivity index is 2.64. The van der Waals surface area contributed by atoms with Crippen molar-refractivity contribution in [2.75, 3.05) is 13.7 Å². The van der Waals surface area contributed by atoms with Crippen LogP contribution in [-0.4, -0.2) is 40.2 Å². The molecule has 0 aliphatic heterocycles. The van der Waals surface area contributed by atoms with Gasteiger partial charge in [-0.1, -0.05) is 5.10 Å². The van der Waals surface area contributed by atoms with E-state index in [0.29, 0.717) is 5.69 Å². The highest BCUT2D eigenvalue weighted by Crippen LogP contribution is 2.12. The summed E-state index contributed by atoms with van der Waals surface area (Å²) in [4.78, 5) is 32.2. The van der Waals surface area contributed by atoms with Crippen LogP contribution in [0.3, 0.4) is 0 Å². The number of rotatable bonds is 5. The average Bonchev–Trinajstić information content (AvgIpc) is 2.67. The Morgan fingerprint density at radius 1 is 1.61 bits per heavy atom. The molecule has 18 heavy (non-hydrogen) atoms. The molecule has 1 heterocycles. The lowest BCUT2D eigenvalue weighted by Gasteiger charge is -2.02. The van der Waals surface area contributed by atoms with E-state index in [2.05, 4.69) is 15.2 Å². The smallest absolute Gasteiger partial charge is 0.345 e. The van der Waals surface area contributed by atoms with E-state index in [0.717, 1.165) is 4.68 Å². The number of nitro groups is 1. The van der Waals surface area contributed by atoms with Crippen LogP contribution in [-0.2, 0) is 20.9 Å². The van der Waals surface area contributed by atoms with Crippen LogP contribution in [0, 0.1) is 17.0 Å². The molecule has 1 rings (SSSR count). The lowest BCUT2D eigenvalue weighted by molar-refractivity contribution is -0.392. The van der Waals surface area contributed by atoms with E-state index in [4.69, 9.17) is 0 Å². The standard InChI is InChI=1S/C9H12N4O5/c1-6-3-8(13(16)17)12(11-6)5-7(14)10-4-9(15)18-2/h3H,4-5H2,1-2H3,(H,10,14). The lowest BCUT2D eigenvalue weighted by Crippen LogP contribution is -2.33. The molecule has 0 saturated heterocycles. The molecule has 0 aromatic carbocycles. The first-order valence-corrected chi connectivity index (χ1v) is 4.96. The van der Waals surface area contributed by atoms with Gasteiger partial charge in [0.25, 0.3) is 5.91 Å². The topological polar surface area (TPSA) is 116 Å². The Labute approximate surface area is 102 Å². The third-order valence-corrected chi connectivity index (χ3v) is 2.02. The number of esters is 1. The fourth-order valence-electron chi connectivity index (χ4n) is 1.23. The van der Waals surface area contributed by atoms with Crippen molar-refractivity contribution in [3.05, 3.63) is 21.9 Å². The summed E-state index contributed by atoms with van der Waals surface area (Å²) < 4.78 is 5.29. The zero-order valence-corrected chi connectivity index (χ0v) is 9.87. The van der Waals surface area contributed by atoms with Gasteiger partial charge < -0.3 is 20.2 Å². The van der Waals surface area contributed by atoms with Crippen molar-refractivity contribution in [2.45, 2.75) is 13.5 Å². The van der Waals surface area contributed by atoms with Crippen LogP contribution in [0.1, 0.15) is 5.69 Å². The molecule has 1 aromatic rings. The highest BCUT2D eigenvalue weighted by molar-refractivity contribution is 5.81. The van der Waals surface area contributed by atoms with Gasteiger partial charge >= 0.3 is 11.8 Å². The highest BCUT2D eigenvalue weighted by atomic mass is 16.6. The van der Waals surface area contributed by atoms with Gasteiger partial charge in [-0.3, -0.25) is 9.59 Å². The van der Waals surface area contributed by atoms with E-state index in [1.54, 1.807) is 6.92 Å². The molecule has 0 radical (unpaired) electrons. The first-order valence-electron chi connectivity index (χ1n) is 4.96. The summed E-state index contributed by atoms with van der Waals surface area (Å²) in [6, 6.07) is 1.26. The van der Waals surface area contributed by atoms with Crippen molar-refractivity contribution in [2.24, 2.45) is 0 Å². The second-order valence-corrected chi connectivity index (χ2v) is 3.41. The third kappa shape index (κ3) is 3.54. The molecule has 0 unspecified atom stereocenters. The summed E-state index contributed by atoms with van der Waals surface area (Å²) in [5.41, 5.74) is 0.433. The van der Waals surface area contributed by atoms with Gasteiger partial charge in [0, 0.05) is 0 Å². The zero-order valence-electron chi connectivity index (χ0n) is 9.87. The number of carbonyl (C=O) groups is 2. The number of hydrogen-bond donors (Lipinski definition) is 1. The molecule has 1 amide bonds. The van der Waals surface area contributed by atoms with Gasteiger partial charge in [0.05, 0.1) is 18.9 Å². The minimum absolute atomic E-state index is 0.277. The van der Waals surface area contributed by atoms with E-state index in [-0.39, 0.29) is 18.9 Å². The van der Waals surface area contributed by atoms with Crippen LogP contribution in [0.4, 0.5) is 5.82 Å². The Morgan fingerprint density at radius 3 is 2.83 bits per heavy atom. The molecule has 0 spiro atoms. The van der Waals surface area contributed by atoms with Crippen molar-refractivity contribution in [1.82, 2.24) is 15.1 Å². The number of amides is 1. The maximum Gasteiger partial charge on any atom is 0.345 e. The Morgan fingerprint density at radius 2 is 2.28 bits per heavy atom. The average molecular weight is 256 g/mol. The van der Waals surface area contributed by atoms with Gasteiger partial charge in [0.2, 0.25) is 0 Å². The molecule has 98 valence electrons. The summed E-state index contributed by atoms with van der Waals surface area (Å²) >= 11 is 0. The Hall–Kier alpha value is -2.45. The van der Waals surface area contributed by atoms with Crippen LogP contribution in [0.15, 0.2) is 6.07 Å². The van der Waals surface area contributed by atoms with Crippen molar-refractivity contribution in [3.8, 4) is 0 Å². The summed E-state index contributed by atoms with van der Waals surface area (Å²) in [7, 11) is 1.19. The van der Waals surface area contributed by atoms with Crippen molar-refractivity contribution >= 4 is 17.7 Å². The van der Waals surface area contributed by atoms with Crippen molar-refractivity contribution in [3.63, 3.8) is 0 Å². The quantitative estimate of drug-likeness (QED) is 0.426. The minimum Gasteiger partial charge on any atom is -0.468 e. The molecule has 9 heteroatoms. The fraction of sp³-hybridized carbons (Fsp3) is 0.444. The third-order valence-electron chi connectivity index (χ3n) is 2.02. The Kier molecular flexibility index (Phi) is 4.35. The van der Waals surface area contributed by atoms with Crippen LogP contribution < -0.4 is 5.32 Å². The fourth-order valence-corrected chi connectivity index (χ4v) is 1.23. The van der Waals surface area contributed by atoms with E-state index in [9.17, 15) is 19.7 Å². The van der Waals surface area contributed by atoms with Gasteiger partial charge in [-0.2, -0.15) is 0 Å². The molecule has 9 nitrogen and oxygen atoms in total. The molecule has 1 aromatic heterocycles. The van der Waals surface area contributed by atoms with Gasteiger partial charge in [0.1, 0.15) is 6.54 Å². The summed E-state index contributed by atoms with van der Waals surface area (Å²) in [6.45, 7) is 0.959. The summed E-state index contributed by atoms with van der Waals surface area (Å²) in [5, 5.41) is 16.7. The van der Waals surface area contributed by atoms with E-state index >= 15 is 0 Å². The number of ether oxygens (including phenoxy) is 1. The van der Waals surface area contributed by atoms with Crippen LogP contribution in [0.25, 0.3) is 0 Å². The minimum atomic E-state index is -0.631. The maximum atomic E-state index is 11.4. The Bertz CT molecular complexity index is 481. The molecule has 0 aliphatic rings. The maximum absolute atomic E-state index is 11.4. The van der Waals surface area contributed by atoms with Gasteiger partial charge in [-0.05, 0) is 11.8 Å². The largest absolute Gasteiger partial charge is 0.468 e. The molecule has 0 fully saturated rings. The first-order chi connectivity index (χ1) is 8.43. The molecule has 0 aliphatic carbocycles. The first kappa shape index (κ1) is 13.6. The SMILES string of the molecule is COC(=O)CNC(=O)Cn1nc(C)cc1[N+](=O)[O-]. The predicted molar refractivity (Wildman–Crippen MR) is 58.6 cm³/mol. The summed E-state index contributed by atoms with van der Waals surface area (Å²) in [6.07, 6.45) is 0. The number of methoxy groups -OCH3 is 1.